The lowest BCUT2D eigenvalue weighted by Crippen LogP contribution is -2.56. The van der Waals surface area contributed by atoms with Gasteiger partial charge in [-0.1, -0.05) is 12.1 Å². The largest absolute Gasteiger partial charge is 0.379 e. The van der Waals surface area contributed by atoms with Gasteiger partial charge in [-0.05, 0) is 24.6 Å². The molecule has 2 heterocycles. The molecule has 5 nitrogen and oxygen atoms in total. The third kappa shape index (κ3) is 3.32. The van der Waals surface area contributed by atoms with E-state index in [1.54, 1.807) is 31.2 Å². The second-order valence-electron chi connectivity index (χ2n) is 6.22. The van der Waals surface area contributed by atoms with E-state index in [1.807, 2.05) is 4.90 Å². The molecule has 2 saturated heterocycles. The summed E-state index contributed by atoms with van der Waals surface area (Å²) in [6.07, 6.45) is 0. The number of morpholine rings is 1. The summed E-state index contributed by atoms with van der Waals surface area (Å²) >= 11 is 0. The summed E-state index contributed by atoms with van der Waals surface area (Å²) in [5.41, 5.74) is -0.0870. The summed E-state index contributed by atoms with van der Waals surface area (Å²) in [6.45, 7) is 4.78. The van der Waals surface area contributed by atoms with Gasteiger partial charge in [0.05, 0.1) is 18.1 Å². The minimum Gasteiger partial charge on any atom is -0.379 e. The lowest BCUT2D eigenvalue weighted by atomic mass is 9.98. The molecule has 2 aliphatic heterocycles. The van der Waals surface area contributed by atoms with Gasteiger partial charge < -0.3 is 4.74 Å². The summed E-state index contributed by atoms with van der Waals surface area (Å²) in [5.74, 6) is 0. The third-order valence-corrected chi connectivity index (χ3v) is 5.96. The van der Waals surface area contributed by atoms with Crippen molar-refractivity contribution in [2.75, 3.05) is 39.4 Å². The topological polar surface area (TPSA) is 49.9 Å². The third-order valence-electron chi connectivity index (χ3n) is 4.04. The first kappa shape index (κ1) is 15.9. The number of hydrogen-bond acceptors (Lipinski definition) is 4. The number of alkyl halides is 1. The van der Waals surface area contributed by atoms with Crippen LogP contribution in [0.25, 0.3) is 0 Å². The van der Waals surface area contributed by atoms with E-state index in [0.29, 0.717) is 50.8 Å². The van der Waals surface area contributed by atoms with E-state index in [-0.39, 0.29) is 0 Å². The highest BCUT2D eigenvalue weighted by Crippen LogP contribution is 2.26. The molecule has 1 aromatic rings. The van der Waals surface area contributed by atoms with Crippen LogP contribution in [0.4, 0.5) is 4.39 Å². The van der Waals surface area contributed by atoms with Gasteiger partial charge in [-0.15, -0.1) is 0 Å². The van der Waals surface area contributed by atoms with Crippen LogP contribution < -0.4 is 0 Å². The van der Waals surface area contributed by atoms with Crippen LogP contribution in [-0.2, 0) is 21.3 Å². The lowest BCUT2D eigenvalue weighted by Gasteiger charge is -2.42. The second kappa shape index (κ2) is 5.88. The van der Waals surface area contributed by atoms with Gasteiger partial charge >= 0.3 is 0 Å². The zero-order valence-corrected chi connectivity index (χ0v) is 13.5. The Balaban J connectivity index is 1.66. The molecule has 0 bridgehead atoms. The van der Waals surface area contributed by atoms with Gasteiger partial charge in [0, 0.05) is 32.7 Å². The van der Waals surface area contributed by atoms with Gasteiger partial charge in [0.15, 0.2) is 0 Å². The van der Waals surface area contributed by atoms with Crippen molar-refractivity contribution in [1.82, 2.24) is 9.21 Å². The van der Waals surface area contributed by atoms with Gasteiger partial charge in [-0.25, -0.2) is 12.8 Å². The number of nitrogens with zero attached hydrogens (tertiary/aromatic N) is 2. The average molecular weight is 328 g/mol. The fourth-order valence-electron chi connectivity index (χ4n) is 2.96. The first-order valence-electron chi connectivity index (χ1n) is 7.45. The highest BCUT2D eigenvalue weighted by atomic mass is 32.2. The summed E-state index contributed by atoms with van der Waals surface area (Å²) in [5, 5.41) is 0. The van der Waals surface area contributed by atoms with Gasteiger partial charge in [-0.3, -0.25) is 4.90 Å². The molecular weight excluding hydrogens is 307 g/mol. The zero-order valence-electron chi connectivity index (χ0n) is 12.7. The van der Waals surface area contributed by atoms with Crippen LogP contribution >= 0.6 is 0 Å². The first-order valence-corrected chi connectivity index (χ1v) is 8.89. The lowest BCUT2D eigenvalue weighted by molar-refractivity contribution is -0.0225. The number of benzene rings is 1. The van der Waals surface area contributed by atoms with Crippen LogP contribution in [0.5, 0.6) is 0 Å². The maximum atomic E-state index is 13.4. The average Bonchev–Trinajstić information content (AvgIpc) is 2.47. The molecule has 22 heavy (non-hydrogen) atoms. The SMILES string of the molecule is CC1(F)CN(Cc2ccc(S(=O)(=O)N3CCOCC3)cc2)C1. The maximum absolute atomic E-state index is 13.4. The van der Waals surface area contributed by atoms with Crippen LogP contribution in [0.3, 0.4) is 0 Å². The molecule has 0 aliphatic carbocycles. The Hall–Kier alpha value is -1.02. The molecule has 0 radical (unpaired) electrons. The first-order chi connectivity index (χ1) is 10.4. The molecule has 2 aliphatic rings. The van der Waals surface area contributed by atoms with Crippen LogP contribution in [-0.4, -0.2) is 62.7 Å². The molecule has 0 aromatic heterocycles. The molecule has 0 spiro atoms. The van der Waals surface area contributed by atoms with Crippen molar-refractivity contribution in [2.24, 2.45) is 0 Å². The Morgan fingerprint density at radius 3 is 2.32 bits per heavy atom. The molecular formula is C15H21FN2O3S. The Bertz CT molecular complexity index is 617. The molecule has 2 fully saturated rings. The standard InChI is InChI=1S/C15H21FN2O3S/c1-15(16)11-17(12-15)10-13-2-4-14(5-3-13)22(19,20)18-6-8-21-9-7-18/h2-5H,6-12H2,1H3. The molecule has 7 heteroatoms. The fourth-order valence-corrected chi connectivity index (χ4v) is 4.37. The Morgan fingerprint density at radius 2 is 1.77 bits per heavy atom. The van der Waals surface area contributed by atoms with E-state index in [4.69, 9.17) is 4.74 Å². The fraction of sp³-hybridized carbons (Fsp3) is 0.600. The Labute approximate surface area is 130 Å². The molecule has 1 aromatic carbocycles. The van der Waals surface area contributed by atoms with E-state index in [1.165, 1.54) is 4.31 Å². The molecule has 0 N–H and O–H groups in total. The van der Waals surface area contributed by atoms with Crippen molar-refractivity contribution < 1.29 is 17.5 Å². The van der Waals surface area contributed by atoms with E-state index < -0.39 is 15.7 Å². The molecule has 122 valence electrons. The van der Waals surface area contributed by atoms with Crippen LogP contribution in [0.15, 0.2) is 29.2 Å². The number of sulfonamides is 1. The minimum atomic E-state index is -3.44. The number of hydrogen-bond donors (Lipinski definition) is 0. The number of rotatable bonds is 4. The highest BCUT2D eigenvalue weighted by Gasteiger charge is 2.38. The van der Waals surface area contributed by atoms with Crippen LogP contribution in [0.1, 0.15) is 12.5 Å². The summed E-state index contributed by atoms with van der Waals surface area (Å²) in [4.78, 5) is 2.31. The molecule has 0 unspecified atom stereocenters. The van der Waals surface area contributed by atoms with E-state index in [2.05, 4.69) is 0 Å². The van der Waals surface area contributed by atoms with Gasteiger partial charge in [-0.2, -0.15) is 4.31 Å². The smallest absolute Gasteiger partial charge is 0.243 e. The number of likely N-dealkylation sites (tertiary alicyclic amines) is 1. The quantitative estimate of drug-likeness (QED) is 0.835. The van der Waals surface area contributed by atoms with Crippen molar-refractivity contribution in [1.29, 1.82) is 0 Å². The monoisotopic (exact) mass is 328 g/mol. The van der Waals surface area contributed by atoms with Crippen LogP contribution in [0, 0.1) is 0 Å². The molecule has 3 rings (SSSR count). The van der Waals surface area contributed by atoms with Crippen molar-refractivity contribution in [3.05, 3.63) is 29.8 Å². The van der Waals surface area contributed by atoms with Crippen LogP contribution in [0.2, 0.25) is 0 Å². The van der Waals surface area contributed by atoms with E-state index in [0.717, 1.165) is 5.56 Å². The molecule has 0 amide bonds. The summed E-state index contributed by atoms with van der Waals surface area (Å²) < 4.78 is 45.1. The summed E-state index contributed by atoms with van der Waals surface area (Å²) in [7, 11) is -3.44. The maximum Gasteiger partial charge on any atom is 0.243 e. The summed E-state index contributed by atoms with van der Waals surface area (Å²) in [6, 6.07) is 6.88. The van der Waals surface area contributed by atoms with Crippen molar-refractivity contribution in [3.63, 3.8) is 0 Å². The molecule has 0 saturated carbocycles. The van der Waals surface area contributed by atoms with Gasteiger partial charge in [0.1, 0.15) is 5.67 Å². The van der Waals surface area contributed by atoms with Crippen molar-refractivity contribution >= 4 is 10.0 Å². The Morgan fingerprint density at radius 1 is 1.18 bits per heavy atom. The minimum absolute atomic E-state index is 0.303. The second-order valence-corrected chi connectivity index (χ2v) is 8.16. The number of halogens is 1. The molecule has 0 atom stereocenters. The van der Waals surface area contributed by atoms with E-state index >= 15 is 0 Å². The van der Waals surface area contributed by atoms with Gasteiger partial charge in [0.25, 0.3) is 0 Å². The zero-order chi connectivity index (χ0) is 15.8. The van der Waals surface area contributed by atoms with Crippen molar-refractivity contribution in [2.45, 2.75) is 24.0 Å². The Kier molecular flexibility index (Phi) is 4.24. The van der Waals surface area contributed by atoms with Crippen molar-refractivity contribution in [3.8, 4) is 0 Å². The number of ether oxygens (including phenoxy) is 1. The highest BCUT2D eigenvalue weighted by molar-refractivity contribution is 7.89. The normalized spacial score (nSPS) is 23.2. The predicted octanol–water partition coefficient (Wildman–Crippen LogP) is 1.25. The van der Waals surface area contributed by atoms with Gasteiger partial charge in [0.2, 0.25) is 10.0 Å². The van der Waals surface area contributed by atoms with E-state index in [9.17, 15) is 12.8 Å². The predicted molar refractivity (Wildman–Crippen MR) is 80.8 cm³/mol.